The van der Waals surface area contributed by atoms with Crippen LogP contribution in [-0.2, 0) is 19.2 Å². The van der Waals surface area contributed by atoms with Crippen LogP contribution in [0.25, 0.3) is 10.8 Å². The van der Waals surface area contributed by atoms with Gasteiger partial charge in [-0.15, -0.1) is 0 Å². The predicted molar refractivity (Wildman–Crippen MR) is 177 cm³/mol. The first-order valence-corrected chi connectivity index (χ1v) is 15.7. The number of nitro groups is 2. The zero-order chi connectivity index (χ0) is 34.3. The Balaban J connectivity index is 1.38. The molecule has 0 radical (unpaired) electrons. The lowest BCUT2D eigenvalue weighted by molar-refractivity contribution is -0.392. The number of Topliss-reactive ketones (excluding diaryl/α,β-unsaturated/α-hetero) is 1. The van der Waals surface area contributed by atoms with E-state index in [1.165, 1.54) is 25.1 Å². The lowest BCUT2D eigenvalue weighted by Crippen LogP contribution is -2.39. The molecule has 4 atom stereocenters. The van der Waals surface area contributed by atoms with Gasteiger partial charge in [0.2, 0.25) is 11.8 Å². The average Bonchev–Trinajstić information content (AvgIpc) is 3.31. The topological polar surface area (TPSA) is 181 Å². The van der Waals surface area contributed by atoms with E-state index < -0.39 is 68.3 Å². The average molecular weight is 713 g/mol. The number of rotatable bonds is 5. The fourth-order valence-electron chi connectivity index (χ4n) is 7.78. The number of carbonyl (C=O) groups excluding carboxylic acids is 4. The molecule has 1 heterocycles. The number of carbonyl (C=O) groups is 4. The maximum Gasteiger partial charge on any atom is 0.301 e. The van der Waals surface area contributed by atoms with Crippen molar-refractivity contribution in [2.24, 2.45) is 17.8 Å². The summed E-state index contributed by atoms with van der Waals surface area (Å²) in [5, 5.41) is 36.9. The number of hydrogen-bond donors (Lipinski definition) is 1. The summed E-state index contributed by atoms with van der Waals surface area (Å²) in [6.07, 6.45) is 2.98. The molecule has 0 saturated carbocycles. The van der Waals surface area contributed by atoms with Crippen molar-refractivity contribution in [3.05, 3.63) is 108 Å². The molecular formula is C34H25BrN4O9. The minimum absolute atomic E-state index is 0.0450. The maximum atomic E-state index is 14.3. The van der Waals surface area contributed by atoms with Crippen LogP contribution in [-0.4, -0.2) is 52.4 Å². The molecule has 3 aromatic rings. The van der Waals surface area contributed by atoms with Crippen LogP contribution in [0.4, 0.5) is 22.7 Å². The molecule has 0 bridgehead atoms. The number of amides is 2. The van der Waals surface area contributed by atoms with E-state index in [2.05, 4.69) is 15.9 Å². The van der Waals surface area contributed by atoms with Gasteiger partial charge in [0.15, 0.2) is 17.3 Å². The zero-order valence-corrected chi connectivity index (χ0v) is 27.0. The number of hydrogen-bond acceptors (Lipinski definition) is 10. The molecule has 13 nitrogen and oxygen atoms in total. The number of ketones is 2. The van der Waals surface area contributed by atoms with Crippen molar-refractivity contribution in [3.8, 4) is 5.75 Å². The van der Waals surface area contributed by atoms with Gasteiger partial charge in [-0.2, -0.15) is 0 Å². The molecule has 1 saturated heterocycles. The number of anilines is 2. The molecule has 14 heteroatoms. The number of nitro benzene ring substituents is 2. The summed E-state index contributed by atoms with van der Waals surface area (Å²) in [5.41, 5.74) is -0.596. The van der Waals surface area contributed by atoms with Gasteiger partial charge < -0.3 is 10.0 Å². The van der Waals surface area contributed by atoms with Crippen LogP contribution in [0.2, 0.25) is 0 Å². The highest BCUT2D eigenvalue weighted by molar-refractivity contribution is 9.12. The quantitative estimate of drug-likeness (QED) is 0.118. The van der Waals surface area contributed by atoms with Crippen LogP contribution >= 0.6 is 15.9 Å². The molecule has 242 valence electrons. The molecule has 3 aromatic carbocycles. The Labute approximate surface area is 280 Å². The molecule has 7 rings (SSSR count). The first kappa shape index (κ1) is 31.1. The highest BCUT2D eigenvalue weighted by Gasteiger charge is 2.57. The number of halogens is 1. The summed E-state index contributed by atoms with van der Waals surface area (Å²) < 4.78 is 0.0450. The van der Waals surface area contributed by atoms with Crippen molar-refractivity contribution in [2.75, 3.05) is 23.9 Å². The number of fused-ring (bicyclic) bond motifs is 4. The highest BCUT2D eigenvalue weighted by atomic mass is 79.9. The Morgan fingerprint density at radius 1 is 0.938 bits per heavy atom. The smallest absolute Gasteiger partial charge is 0.301 e. The third-order valence-corrected chi connectivity index (χ3v) is 10.3. The molecule has 4 aliphatic rings. The normalized spacial score (nSPS) is 23.4. The van der Waals surface area contributed by atoms with Gasteiger partial charge in [0, 0.05) is 60.3 Å². The predicted octanol–water partition coefficient (Wildman–Crippen LogP) is 5.39. The van der Waals surface area contributed by atoms with E-state index in [9.17, 15) is 44.5 Å². The fraction of sp³-hybridized carbons (Fsp3) is 0.235. The Morgan fingerprint density at radius 3 is 2.25 bits per heavy atom. The van der Waals surface area contributed by atoms with Gasteiger partial charge >= 0.3 is 11.4 Å². The number of benzene rings is 3. The van der Waals surface area contributed by atoms with Gasteiger partial charge in [-0.25, -0.2) is 4.90 Å². The van der Waals surface area contributed by atoms with E-state index in [1.807, 2.05) is 12.1 Å². The number of nitrogens with zero attached hydrogens (tertiary/aromatic N) is 4. The summed E-state index contributed by atoms with van der Waals surface area (Å²) in [7, 11) is 2.81. The summed E-state index contributed by atoms with van der Waals surface area (Å²) in [6, 6.07) is 12.6. The van der Waals surface area contributed by atoms with Crippen LogP contribution < -0.4 is 9.80 Å². The first-order valence-electron chi connectivity index (χ1n) is 14.9. The van der Waals surface area contributed by atoms with Gasteiger partial charge in [-0.1, -0.05) is 48.0 Å². The Hall–Kier alpha value is -5.50. The number of phenols is 1. The lowest BCUT2D eigenvalue weighted by atomic mass is 9.59. The van der Waals surface area contributed by atoms with E-state index in [0.29, 0.717) is 16.5 Å². The van der Waals surface area contributed by atoms with Crippen LogP contribution in [0.3, 0.4) is 0 Å². The highest BCUT2D eigenvalue weighted by Crippen LogP contribution is 2.57. The largest absolute Gasteiger partial charge is 0.507 e. The standard InChI is InChI=1S/C34H25BrN4O9/c1-36(2)30-24(38(45)46)11-16(12-25(30)39(47)48)37-33(43)20-10-9-18-21(28(20)34(37)44)13-22-29(26(40)14-23(35)32(22)42)27(18)19-8-7-15-5-3-4-6-17(15)31(19)41/h3-9,11-12,14,20-21,27-28,41H,10,13H2,1-2H3/t20-,21+,27+,28-/m0/s1. The minimum Gasteiger partial charge on any atom is -0.507 e. The second kappa shape index (κ2) is 11.0. The molecule has 1 fully saturated rings. The molecule has 2 amide bonds. The van der Waals surface area contributed by atoms with Crippen molar-refractivity contribution in [1.29, 1.82) is 0 Å². The fourth-order valence-corrected chi connectivity index (χ4v) is 8.22. The molecule has 1 N–H and O–H groups in total. The van der Waals surface area contributed by atoms with E-state index in [0.717, 1.165) is 22.4 Å². The Kier molecular flexibility index (Phi) is 7.16. The van der Waals surface area contributed by atoms with E-state index >= 15 is 0 Å². The van der Waals surface area contributed by atoms with Crippen LogP contribution in [0.15, 0.2) is 81.9 Å². The van der Waals surface area contributed by atoms with Crippen LogP contribution in [0.1, 0.15) is 24.3 Å². The van der Waals surface area contributed by atoms with Crippen molar-refractivity contribution < 1.29 is 34.1 Å². The summed E-state index contributed by atoms with van der Waals surface area (Å²) in [5.74, 6) is -6.01. The van der Waals surface area contributed by atoms with Gasteiger partial charge in [-0.3, -0.25) is 39.4 Å². The number of phenolic OH excluding ortho intramolecular Hbond substituents is 1. The van der Waals surface area contributed by atoms with Gasteiger partial charge in [-0.05, 0) is 40.1 Å². The number of imide groups is 1. The molecule has 1 aliphatic heterocycles. The Bertz CT molecular complexity index is 2130. The summed E-state index contributed by atoms with van der Waals surface area (Å²) >= 11 is 3.19. The van der Waals surface area contributed by atoms with Gasteiger partial charge in [0.1, 0.15) is 5.75 Å². The molecular weight excluding hydrogens is 688 g/mol. The molecule has 3 aliphatic carbocycles. The third-order valence-electron chi connectivity index (χ3n) is 9.73. The second-order valence-electron chi connectivity index (χ2n) is 12.4. The first-order chi connectivity index (χ1) is 22.8. The SMILES string of the molecule is CN(C)c1c([N+](=O)[O-])cc(N2C(=O)[C@H]3[C@H](CC=C4[C@H](c5ccc6ccccc6c5O)C5=C(C[C@H]43)C(=O)C(Br)=CC5=O)C2=O)cc1[N+](=O)[O-]. The van der Waals surface area contributed by atoms with Crippen LogP contribution in [0.5, 0.6) is 5.75 Å². The van der Waals surface area contributed by atoms with E-state index in [4.69, 9.17) is 0 Å². The van der Waals surface area contributed by atoms with E-state index in [1.54, 1.807) is 30.3 Å². The van der Waals surface area contributed by atoms with Crippen LogP contribution in [0, 0.1) is 38.0 Å². The number of aromatic hydroxyl groups is 1. The molecule has 0 unspecified atom stereocenters. The monoisotopic (exact) mass is 712 g/mol. The van der Waals surface area contributed by atoms with Gasteiger partial charge in [0.05, 0.1) is 31.9 Å². The number of allylic oxidation sites excluding steroid dienone is 6. The summed E-state index contributed by atoms with van der Waals surface area (Å²) in [6.45, 7) is 0. The molecule has 0 aromatic heterocycles. The van der Waals surface area contributed by atoms with Crippen molar-refractivity contribution in [1.82, 2.24) is 0 Å². The van der Waals surface area contributed by atoms with Crippen molar-refractivity contribution >= 4 is 72.8 Å². The Morgan fingerprint density at radius 2 is 1.60 bits per heavy atom. The summed E-state index contributed by atoms with van der Waals surface area (Å²) in [4.78, 5) is 79.9. The maximum absolute atomic E-state index is 14.3. The minimum atomic E-state index is -1.05. The van der Waals surface area contributed by atoms with E-state index in [-0.39, 0.29) is 45.6 Å². The molecule has 0 spiro atoms. The van der Waals surface area contributed by atoms with Gasteiger partial charge in [0.25, 0.3) is 0 Å². The van der Waals surface area contributed by atoms with Crippen molar-refractivity contribution in [2.45, 2.75) is 18.8 Å². The zero-order valence-electron chi connectivity index (χ0n) is 25.4. The van der Waals surface area contributed by atoms with Crippen molar-refractivity contribution in [3.63, 3.8) is 0 Å². The molecule has 48 heavy (non-hydrogen) atoms. The third kappa shape index (κ3) is 4.43. The lowest BCUT2D eigenvalue weighted by Gasteiger charge is -2.42. The second-order valence-corrected chi connectivity index (χ2v) is 13.2.